The Kier molecular flexibility index (Phi) is 7.57. The average molecular weight is 471 g/mol. The lowest BCUT2D eigenvalue weighted by molar-refractivity contribution is -0.154. The summed E-state index contributed by atoms with van der Waals surface area (Å²) in [4.78, 5) is 29.7. The molecule has 2 amide bonds. The quantitative estimate of drug-likeness (QED) is 0.644. The molecule has 1 saturated heterocycles. The number of pyridine rings is 1. The number of amides is 2. The van der Waals surface area contributed by atoms with Crippen LogP contribution in [0.1, 0.15) is 28.8 Å². The number of primary amides is 1. The number of carbonyl (C=O) groups is 2. The Labute approximate surface area is 187 Å². The zero-order chi connectivity index (χ0) is 23.3. The molecule has 7 nitrogen and oxygen atoms in total. The van der Waals surface area contributed by atoms with Gasteiger partial charge in [-0.05, 0) is 49.7 Å². The van der Waals surface area contributed by atoms with E-state index < -0.39 is 24.6 Å². The van der Waals surface area contributed by atoms with E-state index in [2.05, 4.69) is 19.9 Å². The molecular formula is C21H22ClF3N4O3. The van der Waals surface area contributed by atoms with Gasteiger partial charge in [0.2, 0.25) is 11.8 Å². The predicted octanol–water partition coefficient (Wildman–Crippen LogP) is 3.63. The lowest BCUT2D eigenvalue weighted by Crippen LogP contribution is -2.38. The number of piperidine rings is 1. The summed E-state index contributed by atoms with van der Waals surface area (Å²) in [6.45, 7) is 0.653. The number of nitrogens with two attached hydrogens (primary N) is 1. The van der Waals surface area contributed by atoms with Gasteiger partial charge in [-0.1, -0.05) is 23.7 Å². The molecule has 11 heteroatoms. The van der Waals surface area contributed by atoms with Crippen molar-refractivity contribution in [1.82, 2.24) is 9.88 Å². The second-order valence-electron chi connectivity index (χ2n) is 7.52. The number of ether oxygens (including phenoxy) is 1. The molecule has 3 N–H and O–H groups in total. The first kappa shape index (κ1) is 23.8. The number of aromatic nitrogens is 1. The lowest BCUT2D eigenvalue weighted by Gasteiger charge is -2.30. The van der Waals surface area contributed by atoms with Gasteiger partial charge in [0, 0.05) is 24.3 Å². The van der Waals surface area contributed by atoms with E-state index in [0.29, 0.717) is 12.2 Å². The Bertz CT molecular complexity index is 979. The minimum absolute atomic E-state index is 0.0771. The molecule has 2 heterocycles. The van der Waals surface area contributed by atoms with Gasteiger partial charge in [-0.3, -0.25) is 14.5 Å². The van der Waals surface area contributed by atoms with Gasteiger partial charge in [-0.2, -0.15) is 13.2 Å². The van der Waals surface area contributed by atoms with Crippen LogP contribution in [-0.2, 0) is 11.3 Å². The fraction of sp³-hybridized carbons (Fsp3) is 0.381. The molecule has 3 rings (SSSR count). The van der Waals surface area contributed by atoms with Crippen LogP contribution < -0.4 is 15.8 Å². The minimum atomic E-state index is -4.52. The maximum atomic E-state index is 12.5. The summed E-state index contributed by atoms with van der Waals surface area (Å²) in [5.41, 5.74) is 6.97. The summed E-state index contributed by atoms with van der Waals surface area (Å²) in [6.07, 6.45) is -1.98. The van der Waals surface area contributed by atoms with Crippen LogP contribution in [-0.4, -0.2) is 47.6 Å². The zero-order valence-electron chi connectivity index (χ0n) is 17.0. The van der Waals surface area contributed by atoms with Crippen molar-refractivity contribution in [1.29, 1.82) is 0 Å². The van der Waals surface area contributed by atoms with Gasteiger partial charge in [0.25, 0.3) is 5.91 Å². The Morgan fingerprint density at radius 3 is 2.59 bits per heavy atom. The Balaban J connectivity index is 1.58. The predicted molar refractivity (Wildman–Crippen MR) is 112 cm³/mol. The first-order valence-electron chi connectivity index (χ1n) is 9.88. The van der Waals surface area contributed by atoms with Crippen molar-refractivity contribution < 1.29 is 27.5 Å². The van der Waals surface area contributed by atoms with Crippen molar-refractivity contribution in [3.05, 3.63) is 52.7 Å². The van der Waals surface area contributed by atoms with E-state index >= 15 is 0 Å². The molecule has 0 bridgehead atoms. The standard InChI is InChI=1S/C21H22ClF3N4O3/c22-17-9-15(10-27-20(17)32-12-21(23,24)25)19(31)28-16-3-1-2-13(8-16)11-29-6-4-14(5-7-29)18(26)30/h1-3,8-10,14H,4-7,11-12H2,(H2,26,30)(H,28,31). The summed E-state index contributed by atoms with van der Waals surface area (Å²) in [7, 11) is 0. The van der Waals surface area contributed by atoms with Crippen LogP contribution in [0.15, 0.2) is 36.5 Å². The molecule has 1 aliphatic heterocycles. The van der Waals surface area contributed by atoms with Crippen molar-refractivity contribution in [3.63, 3.8) is 0 Å². The van der Waals surface area contributed by atoms with E-state index in [-0.39, 0.29) is 22.4 Å². The molecule has 0 unspecified atom stereocenters. The van der Waals surface area contributed by atoms with E-state index in [1.807, 2.05) is 12.1 Å². The number of nitrogens with one attached hydrogen (secondary N) is 1. The Hall–Kier alpha value is -2.85. The van der Waals surface area contributed by atoms with E-state index in [1.165, 1.54) is 6.07 Å². The summed E-state index contributed by atoms with van der Waals surface area (Å²) < 4.78 is 41.3. The minimum Gasteiger partial charge on any atom is -0.467 e. The fourth-order valence-electron chi connectivity index (χ4n) is 3.39. The number of halogens is 4. The third-order valence-electron chi connectivity index (χ3n) is 5.02. The molecule has 172 valence electrons. The number of alkyl halides is 3. The number of hydrogen-bond acceptors (Lipinski definition) is 5. The smallest absolute Gasteiger partial charge is 0.422 e. The molecule has 1 aliphatic rings. The number of nitrogens with zero attached hydrogens (tertiary/aromatic N) is 2. The second-order valence-corrected chi connectivity index (χ2v) is 7.93. The van der Waals surface area contributed by atoms with Crippen LogP contribution >= 0.6 is 11.6 Å². The Morgan fingerprint density at radius 1 is 1.25 bits per heavy atom. The largest absolute Gasteiger partial charge is 0.467 e. The van der Waals surface area contributed by atoms with Crippen LogP contribution in [0.3, 0.4) is 0 Å². The number of hydrogen-bond donors (Lipinski definition) is 2. The van der Waals surface area contributed by atoms with Gasteiger partial charge in [0.1, 0.15) is 5.02 Å². The monoisotopic (exact) mass is 470 g/mol. The van der Waals surface area contributed by atoms with Crippen molar-refractivity contribution in [2.24, 2.45) is 11.7 Å². The molecule has 0 spiro atoms. The molecular weight excluding hydrogens is 449 g/mol. The van der Waals surface area contributed by atoms with E-state index in [1.54, 1.807) is 12.1 Å². The highest BCUT2D eigenvalue weighted by molar-refractivity contribution is 6.32. The molecule has 0 radical (unpaired) electrons. The third-order valence-corrected chi connectivity index (χ3v) is 5.29. The number of benzene rings is 1. The Morgan fingerprint density at radius 2 is 1.97 bits per heavy atom. The number of likely N-dealkylation sites (tertiary alicyclic amines) is 1. The van der Waals surface area contributed by atoms with Crippen molar-refractivity contribution in [3.8, 4) is 5.88 Å². The van der Waals surface area contributed by atoms with Crippen LogP contribution in [0.25, 0.3) is 0 Å². The first-order chi connectivity index (χ1) is 15.1. The topological polar surface area (TPSA) is 97.6 Å². The average Bonchev–Trinajstić information content (AvgIpc) is 2.73. The molecule has 1 aromatic carbocycles. The van der Waals surface area contributed by atoms with Crippen molar-refractivity contribution in [2.45, 2.75) is 25.6 Å². The molecule has 0 aliphatic carbocycles. The fourth-order valence-corrected chi connectivity index (χ4v) is 3.61. The zero-order valence-corrected chi connectivity index (χ0v) is 17.7. The van der Waals surface area contributed by atoms with E-state index in [0.717, 1.165) is 37.7 Å². The maximum Gasteiger partial charge on any atom is 0.422 e. The van der Waals surface area contributed by atoms with Crippen molar-refractivity contribution in [2.75, 3.05) is 25.0 Å². The molecule has 32 heavy (non-hydrogen) atoms. The van der Waals surface area contributed by atoms with Gasteiger partial charge in [0.05, 0.1) is 5.56 Å². The third kappa shape index (κ3) is 6.83. The molecule has 1 fully saturated rings. The summed E-state index contributed by atoms with van der Waals surface area (Å²) in [5.74, 6) is -1.25. The highest BCUT2D eigenvalue weighted by Crippen LogP contribution is 2.26. The van der Waals surface area contributed by atoms with Crippen LogP contribution in [0.4, 0.5) is 18.9 Å². The molecule has 1 aromatic heterocycles. The molecule has 0 saturated carbocycles. The van der Waals surface area contributed by atoms with Gasteiger partial charge >= 0.3 is 6.18 Å². The highest BCUT2D eigenvalue weighted by atomic mass is 35.5. The van der Waals surface area contributed by atoms with E-state index in [9.17, 15) is 22.8 Å². The number of rotatable bonds is 7. The van der Waals surface area contributed by atoms with Gasteiger partial charge in [0.15, 0.2) is 6.61 Å². The first-order valence-corrected chi connectivity index (χ1v) is 10.3. The highest BCUT2D eigenvalue weighted by Gasteiger charge is 2.29. The molecule has 2 aromatic rings. The van der Waals surface area contributed by atoms with Crippen LogP contribution in [0.5, 0.6) is 5.88 Å². The van der Waals surface area contributed by atoms with Crippen LogP contribution in [0.2, 0.25) is 5.02 Å². The van der Waals surface area contributed by atoms with Gasteiger partial charge in [-0.15, -0.1) is 0 Å². The number of carbonyl (C=O) groups excluding carboxylic acids is 2. The number of anilines is 1. The van der Waals surface area contributed by atoms with Gasteiger partial charge < -0.3 is 15.8 Å². The van der Waals surface area contributed by atoms with Crippen molar-refractivity contribution >= 4 is 29.1 Å². The summed E-state index contributed by atoms with van der Waals surface area (Å²) in [6, 6.07) is 8.48. The summed E-state index contributed by atoms with van der Waals surface area (Å²) in [5, 5.41) is 2.52. The van der Waals surface area contributed by atoms with E-state index in [4.69, 9.17) is 17.3 Å². The summed E-state index contributed by atoms with van der Waals surface area (Å²) >= 11 is 5.90. The molecule has 0 atom stereocenters. The maximum absolute atomic E-state index is 12.5. The normalized spacial score (nSPS) is 15.4. The van der Waals surface area contributed by atoms with Gasteiger partial charge in [-0.25, -0.2) is 4.98 Å². The van der Waals surface area contributed by atoms with Crippen LogP contribution in [0, 0.1) is 5.92 Å². The second kappa shape index (κ2) is 10.2. The lowest BCUT2D eigenvalue weighted by atomic mass is 9.96. The SMILES string of the molecule is NC(=O)C1CCN(Cc2cccc(NC(=O)c3cnc(OCC(F)(F)F)c(Cl)c3)c2)CC1.